The number of hydrogen-bond donors (Lipinski definition) is 0. The Morgan fingerprint density at radius 1 is 1.10 bits per heavy atom. The molecular formula is C17H15NOS. The zero-order valence-electron chi connectivity index (χ0n) is 11.3. The molecule has 0 radical (unpaired) electrons. The molecule has 0 saturated carbocycles. The molecule has 3 rings (SSSR count). The number of fused-ring (bicyclic) bond motifs is 1. The fraction of sp³-hybridized carbons (Fsp3) is 0.176. The van der Waals surface area contributed by atoms with Gasteiger partial charge in [0.15, 0.2) is 5.78 Å². The van der Waals surface area contributed by atoms with E-state index in [4.69, 9.17) is 0 Å². The molecule has 3 heteroatoms. The molecule has 1 aromatic heterocycles. The van der Waals surface area contributed by atoms with Gasteiger partial charge in [-0.2, -0.15) is 0 Å². The molecule has 0 fully saturated rings. The lowest BCUT2D eigenvalue weighted by Gasteiger charge is -2.00. The third-order valence-corrected chi connectivity index (χ3v) is 4.37. The average molecular weight is 281 g/mol. The summed E-state index contributed by atoms with van der Waals surface area (Å²) in [6.07, 6.45) is 1.23. The summed E-state index contributed by atoms with van der Waals surface area (Å²) in [6.45, 7) is 2.02. The van der Waals surface area contributed by atoms with Gasteiger partial charge in [-0.15, -0.1) is 11.3 Å². The number of aromatic nitrogens is 1. The molecule has 0 aliphatic carbocycles. The van der Waals surface area contributed by atoms with Crippen LogP contribution in [0.1, 0.15) is 27.3 Å². The normalized spacial score (nSPS) is 10.8. The van der Waals surface area contributed by atoms with Gasteiger partial charge < -0.3 is 0 Å². The van der Waals surface area contributed by atoms with E-state index in [-0.39, 0.29) is 5.78 Å². The molecule has 2 nitrogen and oxygen atoms in total. The Kier molecular flexibility index (Phi) is 3.61. The topological polar surface area (TPSA) is 30.0 Å². The number of carbonyl (C=O) groups excluding carboxylic acids is 1. The number of benzene rings is 2. The second kappa shape index (κ2) is 5.55. The van der Waals surface area contributed by atoms with E-state index in [2.05, 4.69) is 11.1 Å². The van der Waals surface area contributed by atoms with E-state index in [1.54, 1.807) is 11.3 Å². The first-order valence-electron chi connectivity index (χ1n) is 6.67. The van der Waals surface area contributed by atoms with E-state index in [1.807, 2.05) is 49.4 Å². The van der Waals surface area contributed by atoms with Gasteiger partial charge in [0.1, 0.15) is 0 Å². The molecule has 0 atom stereocenters. The molecule has 100 valence electrons. The van der Waals surface area contributed by atoms with Gasteiger partial charge in [0, 0.05) is 18.4 Å². The highest BCUT2D eigenvalue weighted by Crippen LogP contribution is 2.22. The fourth-order valence-corrected chi connectivity index (χ4v) is 3.10. The van der Waals surface area contributed by atoms with E-state index in [0.29, 0.717) is 12.8 Å². The van der Waals surface area contributed by atoms with Crippen LogP contribution in [0, 0.1) is 6.92 Å². The van der Waals surface area contributed by atoms with Crippen molar-refractivity contribution in [2.75, 3.05) is 0 Å². The minimum atomic E-state index is 0.184. The van der Waals surface area contributed by atoms with Crippen molar-refractivity contribution in [2.45, 2.75) is 19.8 Å². The van der Waals surface area contributed by atoms with Crippen molar-refractivity contribution in [3.8, 4) is 0 Å². The first-order valence-corrected chi connectivity index (χ1v) is 7.48. The Morgan fingerprint density at radius 2 is 1.85 bits per heavy atom. The van der Waals surface area contributed by atoms with Crippen LogP contribution in [-0.4, -0.2) is 10.8 Å². The fourth-order valence-electron chi connectivity index (χ4n) is 2.13. The van der Waals surface area contributed by atoms with E-state index in [1.165, 1.54) is 10.3 Å². The first kappa shape index (κ1) is 13.0. The highest BCUT2D eigenvalue weighted by Gasteiger charge is 2.08. The number of carbonyl (C=O) groups is 1. The van der Waals surface area contributed by atoms with Crippen LogP contribution in [0.5, 0.6) is 0 Å². The quantitative estimate of drug-likeness (QED) is 0.663. The van der Waals surface area contributed by atoms with Crippen molar-refractivity contribution in [1.82, 2.24) is 4.98 Å². The van der Waals surface area contributed by atoms with Crippen LogP contribution in [0.15, 0.2) is 48.5 Å². The maximum Gasteiger partial charge on any atom is 0.163 e. The van der Waals surface area contributed by atoms with Gasteiger partial charge in [0.25, 0.3) is 0 Å². The van der Waals surface area contributed by atoms with Crippen LogP contribution in [-0.2, 0) is 6.42 Å². The largest absolute Gasteiger partial charge is 0.294 e. The molecule has 0 N–H and O–H groups in total. The van der Waals surface area contributed by atoms with Crippen molar-refractivity contribution in [1.29, 1.82) is 0 Å². The number of Topliss-reactive ketones (excluding diaryl/α,β-unsaturated/α-hetero) is 1. The molecule has 0 saturated heterocycles. The highest BCUT2D eigenvalue weighted by atomic mass is 32.1. The van der Waals surface area contributed by atoms with Gasteiger partial charge in [-0.3, -0.25) is 4.79 Å². The number of nitrogens with zero attached hydrogens (tertiary/aromatic N) is 1. The third-order valence-electron chi connectivity index (χ3n) is 3.28. The Balaban J connectivity index is 1.69. The van der Waals surface area contributed by atoms with Crippen molar-refractivity contribution in [3.63, 3.8) is 0 Å². The summed E-state index contributed by atoms with van der Waals surface area (Å²) in [5.74, 6) is 0.184. The van der Waals surface area contributed by atoms with E-state index < -0.39 is 0 Å². The lowest BCUT2D eigenvalue weighted by molar-refractivity contribution is 0.0983. The monoisotopic (exact) mass is 281 g/mol. The lowest BCUT2D eigenvalue weighted by Crippen LogP contribution is -2.00. The van der Waals surface area contributed by atoms with Gasteiger partial charge in [-0.25, -0.2) is 4.98 Å². The Labute approximate surface area is 122 Å². The molecule has 0 unspecified atom stereocenters. The second-order valence-corrected chi connectivity index (χ2v) is 5.98. The highest BCUT2D eigenvalue weighted by molar-refractivity contribution is 7.18. The predicted octanol–water partition coefficient (Wildman–Crippen LogP) is 4.42. The summed E-state index contributed by atoms with van der Waals surface area (Å²) >= 11 is 1.67. The van der Waals surface area contributed by atoms with E-state index in [9.17, 15) is 4.79 Å². The van der Waals surface area contributed by atoms with Crippen molar-refractivity contribution < 1.29 is 4.79 Å². The molecule has 0 bridgehead atoms. The number of thiazole rings is 1. The smallest absolute Gasteiger partial charge is 0.163 e. The van der Waals surface area contributed by atoms with Crippen LogP contribution >= 0.6 is 11.3 Å². The van der Waals surface area contributed by atoms with Crippen LogP contribution in [0.2, 0.25) is 0 Å². The maximum absolute atomic E-state index is 12.1. The molecule has 2 aromatic carbocycles. The summed E-state index contributed by atoms with van der Waals surface area (Å²) in [5.41, 5.74) is 2.99. The maximum atomic E-state index is 12.1. The van der Waals surface area contributed by atoms with Crippen molar-refractivity contribution >= 4 is 27.3 Å². The van der Waals surface area contributed by atoms with Crippen LogP contribution in [0.25, 0.3) is 10.2 Å². The molecule has 0 aliphatic rings. The minimum Gasteiger partial charge on any atom is -0.294 e. The second-order valence-electron chi connectivity index (χ2n) is 4.86. The molecule has 20 heavy (non-hydrogen) atoms. The molecule has 0 aliphatic heterocycles. The van der Waals surface area contributed by atoms with Crippen molar-refractivity contribution in [3.05, 3.63) is 64.7 Å². The number of ketones is 1. The zero-order valence-corrected chi connectivity index (χ0v) is 12.1. The molecule has 3 aromatic rings. The Bertz CT molecular complexity index is 710. The van der Waals surface area contributed by atoms with Crippen LogP contribution in [0.4, 0.5) is 0 Å². The molecule has 1 heterocycles. The lowest BCUT2D eigenvalue weighted by atomic mass is 10.1. The van der Waals surface area contributed by atoms with Gasteiger partial charge in [-0.1, -0.05) is 42.0 Å². The Hall–Kier alpha value is -2.00. The van der Waals surface area contributed by atoms with E-state index in [0.717, 1.165) is 16.1 Å². The van der Waals surface area contributed by atoms with E-state index >= 15 is 0 Å². The summed E-state index contributed by atoms with van der Waals surface area (Å²) in [7, 11) is 0. The number of aryl methyl sites for hydroxylation is 2. The van der Waals surface area contributed by atoms with Crippen LogP contribution < -0.4 is 0 Å². The summed E-state index contributed by atoms with van der Waals surface area (Å²) in [6, 6.07) is 15.8. The molecular weight excluding hydrogens is 266 g/mol. The molecule has 0 amide bonds. The van der Waals surface area contributed by atoms with Crippen molar-refractivity contribution in [2.24, 2.45) is 0 Å². The van der Waals surface area contributed by atoms with Gasteiger partial charge in [0.05, 0.1) is 15.2 Å². The predicted molar refractivity (Wildman–Crippen MR) is 83.5 cm³/mol. The minimum absolute atomic E-state index is 0.184. The summed E-state index contributed by atoms with van der Waals surface area (Å²) < 4.78 is 1.19. The van der Waals surface area contributed by atoms with Crippen LogP contribution in [0.3, 0.4) is 0 Å². The zero-order chi connectivity index (χ0) is 13.9. The number of hydrogen-bond acceptors (Lipinski definition) is 3. The Morgan fingerprint density at radius 3 is 2.60 bits per heavy atom. The number of para-hydroxylation sites is 1. The standard InChI is InChI=1S/C17H15NOS/c1-12-6-8-13(9-7-12)15(19)10-11-17-18-14-4-2-3-5-16(14)20-17/h2-9H,10-11H2,1H3. The summed E-state index contributed by atoms with van der Waals surface area (Å²) in [5, 5.41) is 1.03. The summed E-state index contributed by atoms with van der Waals surface area (Å²) in [4.78, 5) is 16.7. The SMILES string of the molecule is Cc1ccc(C(=O)CCc2nc3ccccc3s2)cc1. The molecule has 0 spiro atoms. The average Bonchev–Trinajstić information content (AvgIpc) is 2.88. The number of rotatable bonds is 4. The van der Waals surface area contributed by atoms with Gasteiger partial charge in [0.2, 0.25) is 0 Å². The first-order chi connectivity index (χ1) is 9.72. The van der Waals surface area contributed by atoms with Gasteiger partial charge in [-0.05, 0) is 19.1 Å². The third kappa shape index (κ3) is 2.78. The van der Waals surface area contributed by atoms with Gasteiger partial charge >= 0.3 is 0 Å².